The van der Waals surface area contributed by atoms with Crippen LogP contribution in [0.5, 0.6) is 0 Å². The summed E-state index contributed by atoms with van der Waals surface area (Å²) < 4.78 is 0. The molecule has 0 radical (unpaired) electrons. The summed E-state index contributed by atoms with van der Waals surface area (Å²) in [4.78, 5) is 11.0. The third-order valence-corrected chi connectivity index (χ3v) is 1.50. The lowest BCUT2D eigenvalue weighted by Gasteiger charge is -2.10. The van der Waals surface area contributed by atoms with Crippen LogP contribution in [0.15, 0.2) is 0 Å². The van der Waals surface area contributed by atoms with Crippen LogP contribution < -0.4 is 10.6 Å². The van der Waals surface area contributed by atoms with Crippen LogP contribution in [0.25, 0.3) is 0 Å². The summed E-state index contributed by atoms with van der Waals surface area (Å²) in [6.45, 7) is 9.52. The van der Waals surface area contributed by atoms with Crippen molar-refractivity contribution in [3.8, 4) is 0 Å². The molecule has 0 rings (SSSR count). The zero-order valence-corrected chi connectivity index (χ0v) is 8.48. The van der Waals surface area contributed by atoms with Crippen LogP contribution in [0.2, 0.25) is 0 Å². The van der Waals surface area contributed by atoms with E-state index in [0.29, 0.717) is 6.04 Å². The molecule has 0 aliphatic carbocycles. The first-order chi connectivity index (χ1) is 5.54. The van der Waals surface area contributed by atoms with Crippen molar-refractivity contribution in [2.45, 2.75) is 33.7 Å². The second kappa shape index (κ2) is 6.00. The number of nitrogens with one attached hydrogen (secondary N) is 2. The van der Waals surface area contributed by atoms with Crippen LogP contribution >= 0.6 is 0 Å². The highest BCUT2D eigenvalue weighted by Crippen LogP contribution is 1.88. The number of rotatable bonds is 5. The Balaban J connectivity index is 3.26. The van der Waals surface area contributed by atoms with Gasteiger partial charge in [0.05, 0.1) is 0 Å². The summed E-state index contributed by atoms with van der Waals surface area (Å²) in [5.41, 5.74) is 0. The summed E-state index contributed by atoms with van der Waals surface area (Å²) in [7, 11) is 0. The van der Waals surface area contributed by atoms with Gasteiger partial charge in [-0.2, -0.15) is 0 Å². The van der Waals surface area contributed by atoms with E-state index in [-0.39, 0.29) is 11.8 Å². The molecule has 3 nitrogen and oxygen atoms in total. The van der Waals surface area contributed by atoms with E-state index in [9.17, 15) is 4.79 Å². The molecule has 3 heteroatoms. The molecule has 0 spiro atoms. The van der Waals surface area contributed by atoms with Gasteiger partial charge in [0.15, 0.2) is 0 Å². The summed E-state index contributed by atoms with van der Waals surface area (Å²) in [6.07, 6.45) is 0. The normalized spacial score (nSPS) is 10.8. The first kappa shape index (κ1) is 11.4. The quantitative estimate of drug-likeness (QED) is 0.601. The molecule has 0 aromatic heterocycles. The van der Waals surface area contributed by atoms with Crippen molar-refractivity contribution in [3.05, 3.63) is 0 Å². The van der Waals surface area contributed by atoms with Gasteiger partial charge in [0.25, 0.3) is 0 Å². The summed E-state index contributed by atoms with van der Waals surface area (Å²) in [6, 6.07) is 0.487. The van der Waals surface area contributed by atoms with E-state index in [1.807, 2.05) is 13.8 Å². The van der Waals surface area contributed by atoms with Crippen molar-refractivity contribution >= 4 is 5.91 Å². The third-order valence-electron chi connectivity index (χ3n) is 1.50. The largest absolute Gasteiger partial charge is 0.355 e. The molecule has 0 saturated heterocycles. The van der Waals surface area contributed by atoms with E-state index in [2.05, 4.69) is 24.5 Å². The molecule has 0 aromatic rings. The van der Waals surface area contributed by atoms with Gasteiger partial charge in [-0.1, -0.05) is 27.7 Å². The Bertz CT molecular complexity index is 132. The molecule has 0 bridgehead atoms. The van der Waals surface area contributed by atoms with Crippen molar-refractivity contribution < 1.29 is 4.79 Å². The molecular weight excluding hydrogens is 152 g/mol. The molecule has 0 atom stereocenters. The molecule has 0 fully saturated rings. The van der Waals surface area contributed by atoms with Gasteiger partial charge in [0.1, 0.15) is 0 Å². The smallest absolute Gasteiger partial charge is 0.222 e. The molecule has 0 aliphatic heterocycles. The van der Waals surface area contributed by atoms with Gasteiger partial charge >= 0.3 is 0 Å². The van der Waals surface area contributed by atoms with Gasteiger partial charge in [-0.3, -0.25) is 4.79 Å². The summed E-state index contributed by atoms with van der Waals surface area (Å²) in [5.74, 6) is 0.213. The SMILES string of the molecule is CC(C)NCCNC(=O)C(C)C. The van der Waals surface area contributed by atoms with Crippen molar-refractivity contribution in [1.82, 2.24) is 10.6 Å². The van der Waals surface area contributed by atoms with Gasteiger partial charge in [0.2, 0.25) is 5.91 Å². The Kier molecular flexibility index (Phi) is 5.72. The van der Waals surface area contributed by atoms with Crippen molar-refractivity contribution in [2.75, 3.05) is 13.1 Å². The fraction of sp³-hybridized carbons (Fsp3) is 0.889. The van der Waals surface area contributed by atoms with Crippen LogP contribution in [-0.2, 0) is 4.79 Å². The minimum atomic E-state index is 0.0871. The molecule has 72 valence electrons. The lowest BCUT2D eigenvalue weighted by molar-refractivity contribution is -0.123. The Morgan fingerprint density at radius 1 is 1.17 bits per heavy atom. The highest BCUT2D eigenvalue weighted by atomic mass is 16.1. The fourth-order valence-electron chi connectivity index (χ4n) is 0.751. The second-order valence-electron chi connectivity index (χ2n) is 3.55. The molecule has 0 aliphatic rings. The van der Waals surface area contributed by atoms with Gasteiger partial charge in [-0.25, -0.2) is 0 Å². The maximum Gasteiger partial charge on any atom is 0.222 e. The molecule has 0 aromatic carbocycles. The zero-order chi connectivity index (χ0) is 9.56. The maximum atomic E-state index is 11.0. The molecule has 0 saturated carbocycles. The lowest BCUT2D eigenvalue weighted by Crippen LogP contribution is -2.36. The third kappa shape index (κ3) is 6.16. The number of carbonyl (C=O) groups excluding carboxylic acids is 1. The van der Waals surface area contributed by atoms with Gasteiger partial charge in [-0.05, 0) is 0 Å². The van der Waals surface area contributed by atoms with E-state index in [4.69, 9.17) is 0 Å². The van der Waals surface area contributed by atoms with E-state index < -0.39 is 0 Å². The summed E-state index contributed by atoms with van der Waals surface area (Å²) in [5, 5.41) is 6.06. The number of carbonyl (C=O) groups is 1. The standard InChI is InChI=1S/C9H20N2O/c1-7(2)9(12)11-6-5-10-8(3)4/h7-8,10H,5-6H2,1-4H3,(H,11,12). The first-order valence-corrected chi connectivity index (χ1v) is 4.55. The average molecular weight is 172 g/mol. The van der Waals surface area contributed by atoms with Crippen molar-refractivity contribution in [2.24, 2.45) is 5.92 Å². The minimum absolute atomic E-state index is 0.0871. The maximum absolute atomic E-state index is 11.0. The Morgan fingerprint density at radius 2 is 1.75 bits per heavy atom. The molecule has 0 unspecified atom stereocenters. The van der Waals surface area contributed by atoms with Gasteiger partial charge < -0.3 is 10.6 Å². The van der Waals surface area contributed by atoms with Crippen molar-refractivity contribution in [1.29, 1.82) is 0 Å². The fourth-order valence-corrected chi connectivity index (χ4v) is 0.751. The van der Waals surface area contributed by atoms with E-state index in [1.54, 1.807) is 0 Å². The minimum Gasteiger partial charge on any atom is -0.355 e. The van der Waals surface area contributed by atoms with Gasteiger partial charge in [0, 0.05) is 25.0 Å². The lowest BCUT2D eigenvalue weighted by atomic mass is 10.2. The van der Waals surface area contributed by atoms with Crippen LogP contribution in [0.4, 0.5) is 0 Å². The van der Waals surface area contributed by atoms with E-state index >= 15 is 0 Å². The van der Waals surface area contributed by atoms with E-state index in [0.717, 1.165) is 13.1 Å². The predicted molar refractivity (Wildman–Crippen MR) is 51.0 cm³/mol. The highest BCUT2D eigenvalue weighted by Gasteiger charge is 2.04. The zero-order valence-electron chi connectivity index (χ0n) is 8.48. The van der Waals surface area contributed by atoms with Crippen LogP contribution in [0.1, 0.15) is 27.7 Å². The highest BCUT2D eigenvalue weighted by molar-refractivity contribution is 5.77. The molecule has 0 heterocycles. The predicted octanol–water partition coefficient (Wildman–Crippen LogP) is 0.757. The first-order valence-electron chi connectivity index (χ1n) is 4.55. The van der Waals surface area contributed by atoms with Gasteiger partial charge in [-0.15, -0.1) is 0 Å². The second-order valence-corrected chi connectivity index (χ2v) is 3.55. The van der Waals surface area contributed by atoms with Crippen LogP contribution in [-0.4, -0.2) is 25.0 Å². The average Bonchev–Trinajstić information content (AvgIpc) is 1.97. The number of hydrogen-bond donors (Lipinski definition) is 2. The van der Waals surface area contributed by atoms with Crippen LogP contribution in [0.3, 0.4) is 0 Å². The van der Waals surface area contributed by atoms with E-state index in [1.165, 1.54) is 0 Å². The monoisotopic (exact) mass is 172 g/mol. The molecular formula is C9H20N2O. The number of amides is 1. The molecule has 12 heavy (non-hydrogen) atoms. The van der Waals surface area contributed by atoms with Crippen LogP contribution in [0, 0.1) is 5.92 Å². The molecule has 1 amide bonds. The Morgan fingerprint density at radius 3 is 2.17 bits per heavy atom. The Hall–Kier alpha value is -0.570. The number of hydrogen-bond acceptors (Lipinski definition) is 2. The summed E-state index contributed by atoms with van der Waals surface area (Å²) >= 11 is 0. The van der Waals surface area contributed by atoms with Crippen molar-refractivity contribution in [3.63, 3.8) is 0 Å². The topological polar surface area (TPSA) is 41.1 Å². The molecule has 2 N–H and O–H groups in total. The Labute approximate surface area is 74.9 Å².